The fourth-order valence-electron chi connectivity index (χ4n) is 1.55. The minimum Gasteiger partial charge on any atom is -0.396 e. The third-order valence-electron chi connectivity index (χ3n) is 2.61. The van der Waals surface area contributed by atoms with Crippen molar-refractivity contribution < 1.29 is 12.8 Å². The van der Waals surface area contributed by atoms with Crippen LogP contribution in [-0.4, -0.2) is 13.4 Å². The van der Waals surface area contributed by atoms with Crippen molar-refractivity contribution in [2.45, 2.75) is 11.8 Å². The molecule has 20 heavy (non-hydrogen) atoms. The van der Waals surface area contributed by atoms with E-state index >= 15 is 0 Å². The number of nitrogen functional groups attached to an aromatic ring is 1. The standard InChI is InChI=1S/C12H11ClFN3O2S/c1-7-2-3-16-6-10(7)17-20(18,19)11-5-8(13)4-9(15)12(11)14/h2-6,17H,15H2,1H3. The molecule has 0 aliphatic carbocycles. The van der Waals surface area contributed by atoms with Gasteiger partial charge in [0, 0.05) is 11.2 Å². The number of pyridine rings is 1. The number of anilines is 2. The van der Waals surface area contributed by atoms with Crippen molar-refractivity contribution in [3.8, 4) is 0 Å². The summed E-state index contributed by atoms with van der Waals surface area (Å²) in [7, 11) is -4.14. The molecular weight excluding hydrogens is 305 g/mol. The molecule has 106 valence electrons. The number of nitrogens with two attached hydrogens (primary N) is 1. The molecule has 1 aromatic carbocycles. The van der Waals surface area contributed by atoms with Gasteiger partial charge in [-0.25, -0.2) is 12.8 Å². The monoisotopic (exact) mass is 315 g/mol. The topological polar surface area (TPSA) is 85.1 Å². The summed E-state index contributed by atoms with van der Waals surface area (Å²) >= 11 is 5.71. The first-order valence-corrected chi connectivity index (χ1v) is 7.35. The highest BCUT2D eigenvalue weighted by Crippen LogP contribution is 2.27. The molecule has 8 heteroatoms. The largest absolute Gasteiger partial charge is 0.396 e. The molecule has 1 aromatic heterocycles. The average molecular weight is 316 g/mol. The van der Waals surface area contributed by atoms with Gasteiger partial charge in [-0.05, 0) is 30.7 Å². The first-order valence-electron chi connectivity index (χ1n) is 5.49. The van der Waals surface area contributed by atoms with E-state index in [1.807, 2.05) is 0 Å². The number of aryl methyl sites for hydroxylation is 1. The molecule has 0 aliphatic heterocycles. The molecule has 5 nitrogen and oxygen atoms in total. The molecule has 0 amide bonds. The molecule has 1 heterocycles. The fourth-order valence-corrected chi connectivity index (χ4v) is 3.09. The second-order valence-electron chi connectivity index (χ2n) is 4.10. The molecule has 0 saturated heterocycles. The van der Waals surface area contributed by atoms with Gasteiger partial charge in [0.2, 0.25) is 0 Å². The van der Waals surface area contributed by atoms with E-state index in [0.29, 0.717) is 5.56 Å². The molecule has 0 spiro atoms. The molecule has 0 bridgehead atoms. The number of halogens is 2. The molecular formula is C12H11ClFN3O2S. The highest BCUT2D eigenvalue weighted by atomic mass is 35.5. The minimum absolute atomic E-state index is 0.0344. The van der Waals surface area contributed by atoms with Crippen molar-refractivity contribution in [3.63, 3.8) is 0 Å². The smallest absolute Gasteiger partial charge is 0.265 e. The predicted molar refractivity (Wildman–Crippen MR) is 75.6 cm³/mol. The van der Waals surface area contributed by atoms with Gasteiger partial charge in [0.1, 0.15) is 4.90 Å². The van der Waals surface area contributed by atoms with Crippen LogP contribution in [0.2, 0.25) is 5.02 Å². The lowest BCUT2D eigenvalue weighted by atomic mass is 10.3. The number of benzene rings is 1. The second-order valence-corrected chi connectivity index (χ2v) is 6.19. The Bertz CT molecular complexity index is 765. The summed E-state index contributed by atoms with van der Waals surface area (Å²) in [5.74, 6) is -1.04. The Balaban J connectivity index is 2.49. The summed E-state index contributed by atoms with van der Waals surface area (Å²) in [6.07, 6.45) is 2.85. The zero-order valence-electron chi connectivity index (χ0n) is 10.4. The number of hydrogen-bond acceptors (Lipinski definition) is 4. The molecule has 3 N–H and O–H groups in total. The molecule has 2 aromatic rings. The van der Waals surface area contributed by atoms with E-state index in [0.717, 1.165) is 12.1 Å². The minimum atomic E-state index is -4.14. The van der Waals surface area contributed by atoms with Crippen molar-refractivity contribution in [2.75, 3.05) is 10.5 Å². The van der Waals surface area contributed by atoms with Gasteiger partial charge >= 0.3 is 0 Å². The van der Waals surface area contributed by atoms with E-state index < -0.39 is 20.7 Å². The molecule has 0 unspecified atom stereocenters. The lowest BCUT2D eigenvalue weighted by Gasteiger charge is -2.11. The Morgan fingerprint density at radius 2 is 2.10 bits per heavy atom. The maximum absolute atomic E-state index is 13.9. The number of nitrogens with one attached hydrogen (secondary N) is 1. The summed E-state index contributed by atoms with van der Waals surface area (Å²) in [5.41, 5.74) is 5.95. The van der Waals surface area contributed by atoms with E-state index in [1.54, 1.807) is 13.0 Å². The molecule has 0 fully saturated rings. The second kappa shape index (κ2) is 5.26. The van der Waals surface area contributed by atoms with Crippen molar-refractivity contribution in [1.82, 2.24) is 4.98 Å². The summed E-state index contributed by atoms with van der Waals surface area (Å²) in [6.45, 7) is 1.70. The predicted octanol–water partition coefficient (Wildman–Crippen LogP) is 2.57. The lowest BCUT2D eigenvalue weighted by Crippen LogP contribution is -2.16. The van der Waals surface area contributed by atoms with E-state index in [2.05, 4.69) is 9.71 Å². The van der Waals surface area contributed by atoms with Crippen LogP contribution >= 0.6 is 11.6 Å². The van der Waals surface area contributed by atoms with E-state index in [1.165, 1.54) is 12.4 Å². The van der Waals surface area contributed by atoms with Gasteiger partial charge in [-0.15, -0.1) is 0 Å². The number of nitrogens with zero attached hydrogens (tertiary/aromatic N) is 1. The van der Waals surface area contributed by atoms with Gasteiger partial charge in [-0.2, -0.15) is 0 Å². The van der Waals surface area contributed by atoms with Crippen molar-refractivity contribution in [3.05, 3.63) is 47.0 Å². The van der Waals surface area contributed by atoms with Crippen LogP contribution in [0.4, 0.5) is 15.8 Å². The Hall–Kier alpha value is -1.86. The van der Waals surface area contributed by atoms with Crippen molar-refractivity contribution in [1.29, 1.82) is 0 Å². The Kier molecular flexibility index (Phi) is 3.82. The van der Waals surface area contributed by atoms with Gasteiger partial charge in [-0.1, -0.05) is 11.6 Å². The van der Waals surface area contributed by atoms with Crippen LogP contribution in [-0.2, 0) is 10.0 Å². The van der Waals surface area contributed by atoms with Gasteiger partial charge in [0.15, 0.2) is 5.82 Å². The van der Waals surface area contributed by atoms with E-state index in [9.17, 15) is 12.8 Å². The van der Waals surface area contributed by atoms with Crippen LogP contribution in [0.1, 0.15) is 5.56 Å². The number of rotatable bonds is 3. The summed E-state index contributed by atoms with van der Waals surface area (Å²) in [5, 5.41) is 0.0344. The maximum atomic E-state index is 13.9. The summed E-state index contributed by atoms with van der Waals surface area (Å²) < 4.78 is 40.5. The summed E-state index contributed by atoms with van der Waals surface area (Å²) in [6, 6.07) is 3.77. The van der Waals surface area contributed by atoms with Crippen LogP contribution < -0.4 is 10.5 Å². The molecule has 0 atom stereocenters. The van der Waals surface area contributed by atoms with Crippen molar-refractivity contribution in [2.24, 2.45) is 0 Å². The fraction of sp³-hybridized carbons (Fsp3) is 0.0833. The van der Waals surface area contributed by atoms with Crippen LogP contribution in [0.3, 0.4) is 0 Å². The van der Waals surface area contributed by atoms with E-state index in [-0.39, 0.29) is 16.4 Å². The zero-order valence-corrected chi connectivity index (χ0v) is 12.0. The normalized spacial score (nSPS) is 11.3. The average Bonchev–Trinajstić information content (AvgIpc) is 2.36. The lowest BCUT2D eigenvalue weighted by molar-refractivity contribution is 0.573. The molecule has 2 rings (SSSR count). The summed E-state index contributed by atoms with van der Waals surface area (Å²) in [4.78, 5) is 3.20. The first kappa shape index (κ1) is 14.5. The Labute approximate surface area is 120 Å². The SMILES string of the molecule is Cc1ccncc1NS(=O)(=O)c1cc(Cl)cc(N)c1F. The Morgan fingerprint density at radius 1 is 1.40 bits per heavy atom. The van der Waals surface area contributed by atoms with Gasteiger partial charge < -0.3 is 5.73 Å². The number of hydrogen-bond donors (Lipinski definition) is 2. The van der Waals surface area contributed by atoms with Crippen LogP contribution in [0.25, 0.3) is 0 Å². The van der Waals surface area contributed by atoms with Gasteiger partial charge in [0.25, 0.3) is 10.0 Å². The van der Waals surface area contributed by atoms with Crippen molar-refractivity contribution >= 4 is 33.0 Å². The zero-order chi connectivity index (χ0) is 14.9. The highest BCUT2D eigenvalue weighted by molar-refractivity contribution is 7.92. The number of sulfonamides is 1. The molecule has 0 saturated carbocycles. The van der Waals surface area contributed by atoms with Crippen LogP contribution in [0.15, 0.2) is 35.5 Å². The third-order valence-corrected chi connectivity index (χ3v) is 4.19. The van der Waals surface area contributed by atoms with Crippen LogP contribution in [0, 0.1) is 12.7 Å². The quantitative estimate of drug-likeness (QED) is 0.852. The van der Waals surface area contributed by atoms with Gasteiger partial charge in [-0.3, -0.25) is 9.71 Å². The molecule has 0 aliphatic rings. The van der Waals surface area contributed by atoms with Gasteiger partial charge in [0.05, 0.1) is 17.6 Å². The first-order chi connectivity index (χ1) is 9.31. The molecule has 0 radical (unpaired) electrons. The van der Waals surface area contributed by atoms with E-state index in [4.69, 9.17) is 17.3 Å². The van der Waals surface area contributed by atoms with Crippen LogP contribution in [0.5, 0.6) is 0 Å². The Morgan fingerprint density at radius 3 is 2.75 bits per heavy atom. The maximum Gasteiger partial charge on any atom is 0.265 e. The third kappa shape index (κ3) is 2.83. The highest BCUT2D eigenvalue weighted by Gasteiger charge is 2.22. The number of aromatic nitrogens is 1.